The predicted octanol–water partition coefficient (Wildman–Crippen LogP) is 4.08. The third-order valence-corrected chi connectivity index (χ3v) is 5.83. The van der Waals surface area contributed by atoms with Gasteiger partial charge in [0, 0.05) is 0 Å². The van der Waals surface area contributed by atoms with E-state index in [9.17, 15) is 21.6 Å². The molecule has 0 heterocycles. The summed E-state index contributed by atoms with van der Waals surface area (Å²) in [6.45, 7) is 5.90. The second kappa shape index (κ2) is 5.67. The number of halogens is 4. The van der Waals surface area contributed by atoms with Crippen LogP contribution in [0, 0.1) is 0 Å². The van der Waals surface area contributed by atoms with Crippen molar-refractivity contribution < 1.29 is 21.6 Å². The fourth-order valence-corrected chi connectivity index (χ4v) is 3.91. The summed E-state index contributed by atoms with van der Waals surface area (Å²) in [4.78, 5) is -2.17. The van der Waals surface area contributed by atoms with Crippen LogP contribution in [-0.4, -0.2) is 25.2 Å². The van der Waals surface area contributed by atoms with Gasteiger partial charge in [-0.2, -0.15) is 13.2 Å². The summed E-state index contributed by atoms with van der Waals surface area (Å²) in [5.74, 6) is -1.01. The van der Waals surface area contributed by atoms with Gasteiger partial charge in [0.25, 0.3) is 0 Å². The molecule has 0 N–H and O–H groups in total. The van der Waals surface area contributed by atoms with Crippen molar-refractivity contribution in [2.75, 3.05) is 5.75 Å². The highest BCUT2D eigenvalue weighted by molar-refractivity contribution is 9.09. The first kappa shape index (κ1) is 17.5. The Morgan fingerprint density at radius 3 is 1.90 bits per heavy atom. The van der Waals surface area contributed by atoms with Crippen molar-refractivity contribution in [3.05, 3.63) is 29.8 Å². The first-order chi connectivity index (χ1) is 8.84. The number of sulfone groups is 1. The molecule has 1 aromatic rings. The summed E-state index contributed by atoms with van der Waals surface area (Å²) in [5, 5.41) is 0. The summed E-state index contributed by atoms with van der Waals surface area (Å²) in [7, 11) is -3.97. The van der Waals surface area contributed by atoms with Gasteiger partial charge in [-0.25, -0.2) is 8.42 Å². The van der Waals surface area contributed by atoms with Crippen LogP contribution in [0.15, 0.2) is 29.2 Å². The van der Waals surface area contributed by atoms with E-state index in [-0.39, 0.29) is 10.3 Å². The van der Waals surface area contributed by atoms with Gasteiger partial charge in [-0.15, -0.1) is 0 Å². The van der Waals surface area contributed by atoms with Crippen molar-refractivity contribution in [3.8, 4) is 0 Å². The summed E-state index contributed by atoms with van der Waals surface area (Å²) < 4.78 is 61.1. The number of hydrogen-bond donors (Lipinski definition) is 0. The quantitative estimate of drug-likeness (QED) is 0.749. The molecule has 1 rings (SSSR count). The number of hydrogen-bond acceptors (Lipinski definition) is 2. The van der Waals surface area contributed by atoms with Gasteiger partial charge in [0.2, 0.25) is 0 Å². The van der Waals surface area contributed by atoms with Crippen LogP contribution in [0.5, 0.6) is 0 Å². The van der Waals surface area contributed by atoms with Crippen LogP contribution in [-0.2, 0) is 15.3 Å². The van der Waals surface area contributed by atoms with Crippen molar-refractivity contribution in [3.63, 3.8) is 0 Å². The summed E-state index contributed by atoms with van der Waals surface area (Å²) in [6.07, 6.45) is -4.58. The van der Waals surface area contributed by atoms with Gasteiger partial charge in [-0.3, -0.25) is 0 Å². The Hall–Kier alpha value is -0.560. The van der Waals surface area contributed by atoms with E-state index in [1.165, 1.54) is 12.1 Å². The van der Waals surface area contributed by atoms with E-state index in [0.717, 1.165) is 5.56 Å². The standard InChI is InChI=1S/C13H16BrF3O2S/c1-12(2,3)9-4-6-10(7-5-9)20(18,19)8-11(14)13(15,16)17/h4-7,11H,8H2,1-3H3. The molecular weight excluding hydrogens is 357 g/mol. The monoisotopic (exact) mass is 372 g/mol. The molecule has 0 aliphatic rings. The molecule has 0 spiro atoms. The molecule has 0 saturated heterocycles. The molecule has 0 saturated carbocycles. The Morgan fingerprint density at radius 2 is 1.55 bits per heavy atom. The van der Waals surface area contributed by atoms with Crippen LogP contribution < -0.4 is 0 Å². The van der Waals surface area contributed by atoms with Crippen LogP contribution >= 0.6 is 15.9 Å². The van der Waals surface area contributed by atoms with Crippen molar-refractivity contribution in [2.24, 2.45) is 0 Å². The van der Waals surface area contributed by atoms with Crippen molar-refractivity contribution in [1.29, 1.82) is 0 Å². The normalized spacial score (nSPS) is 15.2. The van der Waals surface area contributed by atoms with Crippen LogP contribution in [0.2, 0.25) is 0 Å². The molecule has 0 aliphatic carbocycles. The highest BCUT2D eigenvalue weighted by Crippen LogP contribution is 2.30. The lowest BCUT2D eigenvalue weighted by Crippen LogP contribution is -2.30. The zero-order valence-corrected chi connectivity index (χ0v) is 13.7. The van der Waals surface area contributed by atoms with Crippen LogP contribution in [0.4, 0.5) is 13.2 Å². The van der Waals surface area contributed by atoms with Crippen LogP contribution in [0.1, 0.15) is 26.3 Å². The average molecular weight is 373 g/mol. The lowest BCUT2D eigenvalue weighted by atomic mass is 9.87. The van der Waals surface area contributed by atoms with Crippen LogP contribution in [0.25, 0.3) is 0 Å². The van der Waals surface area contributed by atoms with Crippen molar-refractivity contribution >= 4 is 25.8 Å². The van der Waals surface area contributed by atoms with E-state index in [0.29, 0.717) is 0 Å². The largest absolute Gasteiger partial charge is 0.402 e. The highest BCUT2D eigenvalue weighted by Gasteiger charge is 2.40. The average Bonchev–Trinajstić information content (AvgIpc) is 2.26. The Morgan fingerprint density at radius 1 is 1.10 bits per heavy atom. The molecule has 20 heavy (non-hydrogen) atoms. The van der Waals surface area contributed by atoms with Crippen LogP contribution in [0.3, 0.4) is 0 Å². The molecular formula is C13H16BrF3O2S. The fourth-order valence-electron chi connectivity index (χ4n) is 1.55. The minimum Gasteiger partial charge on any atom is -0.224 e. The van der Waals surface area contributed by atoms with Gasteiger partial charge >= 0.3 is 6.18 Å². The summed E-state index contributed by atoms with van der Waals surface area (Å²) >= 11 is 2.37. The van der Waals surface area contributed by atoms with E-state index in [2.05, 4.69) is 15.9 Å². The number of benzene rings is 1. The molecule has 0 fully saturated rings. The first-order valence-electron chi connectivity index (χ1n) is 5.88. The van der Waals surface area contributed by atoms with Crippen molar-refractivity contribution in [1.82, 2.24) is 0 Å². The fraction of sp³-hybridized carbons (Fsp3) is 0.538. The Bertz CT molecular complexity index is 557. The van der Waals surface area contributed by atoms with Gasteiger partial charge in [-0.1, -0.05) is 48.8 Å². The minimum absolute atomic E-state index is 0.0980. The van der Waals surface area contributed by atoms with Crippen molar-refractivity contribution in [2.45, 2.75) is 42.1 Å². The Kier molecular flexibility index (Phi) is 4.96. The van der Waals surface area contributed by atoms with Gasteiger partial charge < -0.3 is 0 Å². The van der Waals surface area contributed by atoms with E-state index in [4.69, 9.17) is 0 Å². The maximum absolute atomic E-state index is 12.4. The third-order valence-electron chi connectivity index (χ3n) is 2.80. The minimum atomic E-state index is -4.58. The van der Waals surface area contributed by atoms with Gasteiger partial charge in [0.05, 0.1) is 10.6 Å². The molecule has 114 valence electrons. The maximum Gasteiger partial charge on any atom is 0.402 e. The van der Waals surface area contributed by atoms with E-state index in [1.807, 2.05) is 20.8 Å². The topological polar surface area (TPSA) is 34.1 Å². The molecule has 7 heteroatoms. The number of rotatable bonds is 3. The van der Waals surface area contributed by atoms with Gasteiger partial charge in [0.15, 0.2) is 9.84 Å². The first-order valence-corrected chi connectivity index (χ1v) is 8.45. The lowest BCUT2D eigenvalue weighted by molar-refractivity contribution is -0.123. The SMILES string of the molecule is CC(C)(C)c1ccc(S(=O)(=O)CC(Br)C(F)(F)F)cc1. The predicted molar refractivity (Wildman–Crippen MR) is 76.0 cm³/mol. The zero-order valence-electron chi connectivity index (χ0n) is 11.3. The summed E-state index contributed by atoms with van der Waals surface area (Å²) in [6, 6.07) is 5.96. The zero-order chi connectivity index (χ0) is 15.8. The molecule has 1 aromatic carbocycles. The Balaban J connectivity index is 3.00. The van der Waals surface area contributed by atoms with Gasteiger partial charge in [0.1, 0.15) is 4.83 Å². The second-order valence-corrected chi connectivity index (χ2v) is 8.70. The molecule has 0 amide bonds. The maximum atomic E-state index is 12.4. The highest BCUT2D eigenvalue weighted by atomic mass is 79.9. The molecule has 2 nitrogen and oxygen atoms in total. The van der Waals surface area contributed by atoms with E-state index >= 15 is 0 Å². The van der Waals surface area contributed by atoms with E-state index in [1.54, 1.807) is 12.1 Å². The molecule has 0 bridgehead atoms. The number of alkyl halides is 4. The third kappa shape index (κ3) is 4.48. The van der Waals surface area contributed by atoms with Gasteiger partial charge in [-0.05, 0) is 23.1 Å². The molecule has 0 aromatic heterocycles. The molecule has 1 atom stereocenters. The molecule has 0 radical (unpaired) electrons. The smallest absolute Gasteiger partial charge is 0.224 e. The van der Waals surface area contributed by atoms with E-state index < -0.39 is 26.6 Å². The Labute approximate surface area is 125 Å². The second-order valence-electron chi connectivity index (χ2n) is 5.56. The molecule has 1 unspecified atom stereocenters. The summed E-state index contributed by atoms with van der Waals surface area (Å²) in [5.41, 5.74) is 0.773. The lowest BCUT2D eigenvalue weighted by Gasteiger charge is -2.19. The molecule has 0 aliphatic heterocycles.